The lowest BCUT2D eigenvalue weighted by Crippen LogP contribution is -2.40. The number of aliphatic imine (C=N–C) groups is 1. The molecule has 0 radical (unpaired) electrons. The van der Waals surface area contributed by atoms with Gasteiger partial charge in [0.05, 0.1) is 6.10 Å². The van der Waals surface area contributed by atoms with E-state index in [1.165, 1.54) is 5.56 Å². The fourth-order valence-electron chi connectivity index (χ4n) is 2.61. The summed E-state index contributed by atoms with van der Waals surface area (Å²) < 4.78 is 11.0. The Morgan fingerprint density at radius 3 is 2.36 bits per heavy atom. The maximum absolute atomic E-state index is 10.7. The fourth-order valence-corrected chi connectivity index (χ4v) is 2.61. The Morgan fingerprint density at radius 1 is 1.18 bits per heavy atom. The van der Waals surface area contributed by atoms with Crippen LogP contribution in [0.15, 0.2) is 29.3 Å². The summed E-state index contributed by atoms with van der Waals surface area (Å²) in [5.74, 6) is 1.44. The summed E-state index contributed by atoms with van der Waals surface area (Å²) in [6, 6.07) is 7.63. The SMILES string of the molecule is CCOC(CCNC(=NC)NCCc1ccc(OCC(N)=O)cc1)C(C)C.I. The predicted octanol–water partition coefficient (Wildman–Crippen LogP) is 2.33. The van der Waals surface area contributed by atoms with E-state index in [0.29, 0.717) is 11.7 Å². The highest BCUT2D eigenvalue weighted by molar-refractivity contribution is 14.0. The van der Waals surface area contributed by atoms with Gasteiger partial charge in [0.1, 0.15) is 5.75 Å². The minimum atomic E-state index is -0.483. The monoisotopic (exact) mass is 506 g/mol. The molecule has 1 atom stereocenters. The molecule has 0 aromatic heterocycles. The molecule has 0 spiro atoms. The minimum absolute atomic E-state index is 0. The number of guanidine groups is 1. The second-order valence-corrected chi connectivity index (χ2v) is 6.60. The second-order valence-electron chi connectivity index (χ2n) is 6.60. The zero-order chi connectivity index (χ0) is 20.1. The van der Waals surface area contributed by atoms with Gasteiger partial charge in [0.25, 0.3) is 5.91 Å². The van der Waals surface area contributed by atoms with Gasteiger partial charge < -0.3 is 25.8 Å². The molecule has 1 amide bonds. The van der Waals surface area contributed by atoms with E-state index < -0.39 is 5.91 Å². The van der Waals surface area contributed by atoms with E-state index in [4.69, 9.17) is 15.2 Å². The third kappa shape index (κ3) is 11.3. The van der Waals surface area contributed by atoms with Gasteiger partial charge in [-0.2, -0.15) is 0 Å². The molecule has 7 nitrogen and oxygen atoms in total. The minimum Gasteiger partial charge on any atom is -0.484 e. The number of halogens is 1. The zero-order valence-corrected chi connectivity index (χ0v) is 19.7. The first-order valence-corrected chi connectivity index (χ1v) is 9.52. The number of amides is 1. The average molecular weight is 506 g/mol. The van der Waals surface area contributed by atoms with Gasteiger partial charge >= 0.3 is 0 Å². The third-order valence-electron chi connectivity index (χ3n) is 4.08. The number of rotatable bonds is 12. The normalized spacial score (nSPS) is 12.2. The molecule has 1 aromatic rings. The van der Waals surface area contributed by atoms with E-state index in [1.54, 1.807) is 7.05 Å². The molecule has 0 saturated heterocycles. The first kappa shape index (κ1) is 26.4. The Labute approximate surface area is 185 Å². The molecule has 0 fully saturated rings. The molecule has 0 aliphatic carbocycles. The van der Waals surface area contributed by atoms with Crippen LogP contribution in [0.1, 0.15) is 32.8 Å². The summed E-state index contributed by atoms with van der Waals surface area (Å²) in [6.07, 6.45) is 2.06. The van der Waals surface area contributed by atoms with Gasteiger partial charge in [-0.25, -0.2) is 0 Å². The standard InChI is InChI=1S/C20H34N4O3.HI/c1-5-26-18(15(2)3)11-13-24-20(22-4)23-12-10-16-6-8-17(9-7-16)27-14-19(21)25;/h6-9,15,18H,5,10-14H2,1-4H3,(H2,21,25)(H2,22,23,24);1H. The molecule has 1 aromatic carbocycles. The van der Waals surface area contributed by atoms with Crippen LogP contribution in [0.4, 0.5) is 0 Å². The largest absolute Gasteiger partial charge is 0.484 e. The number of nitrogens with zero attached hydrogens (tertiary/aromatic N) is 1. The maximum atomic E-state index is 10.7. The van der Waals surface area contributed by atoms with Crippen LogP contribution < -0.4 is 21.1 Å². The van der Waals surface area contributed by atoms with Crippen molar-refractivity contribution in [3.8, 4) is 5.75 Å². The van der Waals surface area contributed by atoms with Gasteiger partial charge in [0, 0.05) is 26.7 Å². The van der Waals surface area contributed by atoms with Crippen molar-refractivity contribution >= 4 is 35.8 Å². The van der Waals surface area contributed by atoms with Crippen molar-refractivity contribution in [3.05, 3.63) is 29.8 Å². The summed E-state index contributed by atoms with van der Waals surface area (Å²) in [4.78, 5) is 15.0. The summed E-state index contributed by atoms with van der Waals surface area (Å²) in [5.41, 5.74) is 6.23. The molecule has 4 N–H and O–H groups in total. The number of benzene rings is 1. The van der Waals surface area contributed by atoms with Crippen LogP contribution in [-0.2, 0) is 16.0 Å². The third-order valence-corrected chi connectivity index (χ3v) is 4.08. The number of carbonyl (C=O) groups is 1. The molecular weight excluding hydrogens is 471 g/mol. The van der Waals surface area contributed by atoms with Gasteiger partial charge in [-0.05, 0) is 43.4 Å². The maximum Gasteiger partial charge on any atom is 0.255 e. The van der Waals surface area contributed by atoms with Gasteiger partial charge in [-0.1, -0.05) is 26.0 Å². The number of nitrogens with one attached hydrogen (secondary N) is 2. The first-order valence-electron chi connectivity index (χ1n) is 9.52. The van der Waals surface area contributed by atoms with Crippen molar-refractivity contribution in [1.29, 1.82) is 0 Å². The number of carbonyl (C=O) groups excluding carboxylic acids is 1. The van der Waals surface area contributed by atoms with Gasteiger partial charge in [0.15, 0.2) is 12.6 Å². The molecule has 1 unspecified atom stereocenters. The Kier molecular flexibility index (Phi) is 14.5. The fraction of sp³-hybridized carbons (Fsp3) is 0.600. The Morgan fingerprint density at radius 2 is 1.82 bits per heavy atom. The van der Waals surface area contributed by atoms with E-state index in [9.17, 15) is 4.79 Å². The van der Waals surface area contributed by atoms with E-state index in [2.05, 4.69) is 29.5 Å². The van der Waals surface area contributed by atoms with Gasteiger partial charge in [-0.3, -0.25) is 9.79 Å². The van der Waals surface area contributed by atoms with Crippen molar-refractivity contribution in [3.63, 3.8) is 0 Å². The van der Waals surface area contributed by atoms with Crippen LogP contribution in [-0.4, -0.2) is 51.3 Å². The van der Waals surface area contributed by atoms with E-state index >= 15 is 0 Å². The van der Waals surface area contributed by atoms with E-state index in [0.717, 1.165) is 38.5 Å². The van der Waals surface area contributed by atoms with Crippen LogP contribution in [0.5, 0.6) is 5.75 Å². The van der Waals surface area contributed by atoms with E-state index in [1.807, 2.05) is 31.2 Å². The van der Waals surface area contributed by atoms with Crippen molar-refractivity contribution in [2.45, 2.75) is 39.7 Å². The molecule has 0 aliphatic heterocycles. The topological polar surface area (TPSA) is 98.0 Å². The lowest BCUT2D eigenvalue weighted by molar-refractivity contribution is -0.119. The Hall–Kier alpha value is -1.55. The first-order chi connectivity index (χ1) is 13.0. The van der Waals surface area contributed by atoms with Crippen LogP contribution in [0.2, 0.25) is 0 Å². The molecule has 160 valence electrons. The highest BCUT2D eigenvalue weighted by Gasteiger charge is 2.12. The zero-order valence-electron chi connectivity index (χ0n) is 17.4. The molecule has 8 heteroatoms. The van der Waals surface area contributed by atoms with Crippen molar-refractivity contribution in [2.24, 2.45) is 16.6 Å². The molecule has 0 saturated carbocycles. The Balaban J connectivity index is 0.00000729. The summed E-state index contributed by atoms with van der Waals surface area (Å²) in [5, 5.41) is 6.64. The average Bonchev–Trinajstić information content (AvgIpc) is 2.65. The second kappa shape index (κ2) is 15.4. The summed E-state index contributed by atoms with van der Waals surface area (Å²) in [7, 11) is 1.77. The molecule has 0 aliphatic rings. The van der Waals surface area contributed by atoms with Crippen molar-refractivity contribution in [1.82, 2.24) is 10.6 Å². The Bertz CT molecular complexity index is 579. The lowest BCUT2D eigenvalue weighted by Gasteiger charge is -2.21. The number of hydrogen-bond donors (Lipinski definition) is 3. The quantitative estimate of drug-likeness (QED) is 0.230. The molecule has 28 heavy (non-hydrogen) atoms. The summed E-state index contributed by atoms with van der Waals surface area (Å²) >= 11 is 0. The van der Waals surface area contributed by atoms with Crippen LogP contribution in [0.25, 0.3) is 0 Å². The predicted molar refractivity (Wildman–Crippen MR) is 124 cm³/mol. The van der Waals surface area contributed by atoms with Crippen LogP contribution >= 0.6 is 24.0 Å². The highest BCUT2D eigenvalue weighted by atomic mass is 127. The van der Waals surface area contributed by atoms with Crippen LogP contribution in [0, 0.1) is 5.92 Å². The molecule has 1 rings (SSSR count). The molecular formula is C20H35IN4O3. The van der Waals surface area contributed by atoms with Crippen molar-refractivity contribution in [2.75, 3.05) is 33.4 Å². The molecule has 0 heterocycles. The smallest absolute Gasteiger partial charge is 0.255 e. The van der Waals surface area contributed by atoms with Gasteiger partial charge in [0.2, 0.25) is 0 Å². The lowest BCUT2D eigenvalue weighted by atomic mass is 10.0. The number of hydrogen-bond acceptors (Lipinski definition) is 4. The van der Waals surface area contributed by atoms with Gasteiger partial charge in [-0.15, -0.1) is 24.0 Å². The summed E-state index contributed by atoms with van der Waals surface area (Å²) in [6.45, 7) is 8.59. The van der Waals surface area contributed by atoms with Crippen LogP contribution in [0.3, 0.4) is 0 Å². The van der Waals surface area contributed by atoms with Crippen molar-refractivity contribution < 1.29 is 14.3 Å². The number of nitrogens with two attached hydrogens (primary N) is 1. The van der Waals surface area contributed by atoms with E-state index in [-0.39, 0.29) is 36.7 Å². The highest BCUT2D eigenvalue weighted by Crippen LogP contribution is 2.12. The number of ether oxygens (including phenoxy) is 2. The number of primary amides is 1. The molecule has 0 bridgehead atoms.